The highest BCUT2D eigenvalue weighted by Crippen LogP contribution is 2.26. The molecule has 0 fully saturated rings. The molecule has 6 nitrogen and oxygen atoms in total. The molecule has 116 valence electrons. The van der Waals surface area contributed by atoms with Crippen molar-refractivity contribution in [2.45, 2.75) is 13.8 Å². The molecule has 0 aliphatic heterocycles. The molecule has 0 bridgehead atoms. The topological polar surface area (TPSA) is 77.5 Å². The Morgan fingerprint density at radius 1 is 1.23 bits per heavy atom. The molecule has 22 heavy (non-hydrogen) atoms. The number of hydrogen-bond donors (Lipinski definition) is 1. The summed E-state index contributed by atoms with van der Waals surface area (Å²) in [6.07, 6.45) is 1.31. The highest BCUT2D eigenvalue weighted by molar-refractivity contribution is 7.17. The van der Waals surface area contributed by atoms with Crippen LogP contribution >= 0.6 is 11.3 Å². The number of nitrogens with one attached hydrogen (secondary N) is 1. The van der Waals surface area contributed by atoms with Crippen molar-refractivity contribution >= 4 is 39.2 Å². The molecule has 2 rings (SSSR count). The van der Waals surface area contributed by atoms with Crippen LogP contribution in [0.15, 0.2) is 35.5 Å². The maximum Gasteiger partial charge on any atom is 0.347 e. The molecule has 0 unspecified atom stereocenters. The SMILES string of the molecule is CCOC(=O)C(=CNc1cccc2ncsc12)C(=O)OCC. The van der Waals surface area contributed by atoms with Gasteiger partial charge in [-0.1, -0.05) is 6.07 Å². The van der Waals surface area contributed by atoms with E-state index < -0.39 is 11.9 Å². The molecule has 0 spiro atoms. The van der Waals surface area contributed by atoms with Crippen molar-refractivity contribution in [3.8, 4) is 0 Å². The number of carbonyl (C=O) groups is 2. The van der Waals surface area contributed by atoms with E-state index in [-0.39, 0.29) is 18.8 Å². The normalized spacial score (nSPS) is 10.1. The maximum atomic E-state index is 11.9. The first-order valence-corrected chi connectivity index (χ1v) is 7.68. The lowest BCUT2D eigenvalue weighted by atomic mass is 10.2. The minimum absolute atomic E-state index is 0.176. The van der Waals surface area contributed by atoms with E-state index in [0.717, 1.165) is 15.9 Å². The molecule has 1 aromatic carbocycles. The molecule has 1 N–H and O–H groups in total. The summed E-state index contributed by atoms with van der Waals surface area (Å²) in [6.45, 7) is 3.71. The second kappa shape index (κ2) is 7.56. The van der Waals surface area contributed by atoms with Crippen LogP contribution in [0.5, 0.6) is 0 Å². The summed E-state index contributed by atoms with van der Waals surface area (Å²) in [7, 11) is 0. The third-order valence-electron chi connectivity index (χ3n) is 2.72. The molecule has 7 heteroatoms. The third-order valence-corrected chi connectivity index (χ3v) is 3.59. The summed E-state index contributed by atoms with van der Waals surface area (Å²) in [5.74, 6) is -1.44. The molecule has 0 amide bonds. The number of thiazole rings is 1. The fraction of sp³-hybridized carbons (Fsp3) is 0.267. The lowest BCUT2D eigenvalue weighted by Crippen LogP contribution is -2.19. The molecule has 1 heterocycles. The minimum atomic E-state index is -0.718. The zero-order chi connectivity index (χ0) is 15.9. The van der Waals surface area contributed by atoms with Gasteiger partial charge in [0.1, 0.15) is 0 Å². The van der Waals surface area contributed by atoms with Gasteiger partial charge in [-0.3, -0.25) is 0 Å². The number of anilines is 1. The fourth-order valence-corrected chi connectivity index (χ4v) is 2.54. The Kier molecular flexibility index (Phi) is 5.48. The van der Waals surface area contributed by atoms with Gasteiger partial charge in [0.15, 0.2) is 5.57 Å². The zero-order valence-electron chi connectivity index (χ0n) is 12.3. The molecule has 0 atom stereocenters. The summed E-state index contributed by atoms with van der Waals surface area (Å²) < 4.78 is 10.7. The van der Waals surface area contributed by atoms with E-state index in [2.05, 4.69) is 10.3 Å². The van der Waals surface area contributed by atoms with Crippen molar-refractivity contribution in [1.29, 1.82) is 0 Å². The molecule has 0 aliphatic rings. The van der Waals surface area contributed by atoms with Gasteiger partial charge in [-0.15, -0.1) is 11.3 Å². The first-order valence-electron chi connectivity index (χ1n) is 6.80. The van der Waals surface area contributed by atoms with Crippen molar-refractivity contribution in [1.82, 2.24) is 4.98 Å². The van der Waals surface area contributed by atoms with Gasteiger partial charge in [0.05, 0.1) is 34.6 Å². The summed E-state index contributed by atoms with van der Waals surface area (Å²) in [4.78, 5) is 27.9. The second-order valence-electron chi connectivity index (χ2n) is 4.15. The van der Waals surface area contributed by atoms with Crippen molar-refractivity contribution in [3.63, 3.8) is 0 Å². The fourth-order valence-electron chi connectivity index (χ4n) is 1.77. The van der Waals surface area contributed by atoms with Crippen LogP contribution in [-0.2, 0) is 19.1 Å². The van der Waals surface area contributed by atoms with E-state index in [1.54, 1.807) is 19.4 Å². The monoisotopic (exact) mass is 320 g/mol. The number of carbonyl (C=O) groups excluding carboxylic acids is 2. The van der Waals surface area contributed by atoms with Crippen LogP contribution < -0.4 is 5.32 Å². The number of hydrogen-bond acceptors (Lipinski definition) is 7. The molecule has 0 radical (unpaired) electrons. The van der Waals surface area contributed by atoms with Crippen LogP contribution in [0.1, 0.15) is 13.8 Å². The van der Waals surface area contributed by atoms with Crippen LogP contribution in [0.25, 0.3) is 10.2 Å². The number of rotatable bonds is 6. The van der Waals surface area contributed by atoms with Crippen molar-refractivity contribution in [2.24, 2.45) is 0 Å². The predicted octanol–water partition coefficient (Wildman–Crippen LogP) is 2.72. The Morgan fingerprint density at radius 3 is 2.55 bits per heavy atom. The molecule has 0 aliphatic carbocycles. The Morgan fingerprint density at radius 2 is 1.91 bits per heavy atom. The van der Waals surface area contributed by atoms with Crippen LogP contribution in [0, 0.1) is 0 Å². The molecule has 2 aromatic rings. The van der Waals surface area contributed by atoms with Crippen molar-refractivity contribution in [2.75, 3.05) is 18.5 Å². The van der Waals surface area contributed by atoms with E-state index in [4.69, 9.17) is 9.47 Å². The first-order chi connectivity index (χ1) is 10.7. The van der Waals surface area contributed by atoms with Crippen LogP contribution in [0.3, 0.4) is 0 Å². The first kappa shape index (κ1) is 16.0. The number of ether oxygens (including phenoxy) is 2. The maximum absolute atomic E-state index is 11.9. The Bertz CT molecular complexity index is 688. The van der Waals surface area contributed by atoms with E-state index in [9.17, 15) is 9.59 Å². The van der Waals surface area contributed by atoms with Gasteiger partial charge in [0, 0.05) is 6.20 Å². The number of esters is 2. The molecule has 0 saturated carbocycles. The Balaban J connectivity index is 2.27. The Hall–Kier alpha value is -2.41. The minimum Gasteiger partial charge on any atom is -0.462 e. The number of aromatic nitrogens is 1. The number of benzene rings is 1. The number of nitrogens with zero attached hydrogens (tertiary/aromatic N) is 1. The van der Waals surface area contributed by atoms with Crippen molar-refractivity contribution < 1.29 is 19.1 Å². The highest BCUT2D eigenvalue weighted by Gasteiger charge is 2.21. The van der Waals surface area contributed by atoms with Gasteiger partial charge in [-0.2, -0.15) is 0 Å². The smallest absolute Gasteiger partial charge is 0.347 e. The van der Waals surface area contributed by atoms with Gasteiger partial charge >= 0.3 is 11.9 Å². The summed E-state index contributed by atoms with van der Waals surface area (Å²) in [5, 5.41) is 2.96. The lowest BCUT2D eigenvalue weighted by Gasteiger charge is -2.08. The molecule has 1 aromatic heterocycles. The van der Waals surface area contributed by atoms with E-state index in [1.165, 1.54) is 17.5 Å². The predicted molar refractivity (Wildman–Crippen MR) is 84.6 cm³/mol. The largest absolute Gasteiger partial charge is 0.462 e. The van der Waals surface area contributed by atoms with Gasteiger partial charge < -0.3 is 14.8 Å². The Labute approximate surface area is 131 Å². The second-order valence-corrected chi connectivity index (χ2v) is 5.00. The van der Waals surface area contributed by atoms with E-state index in [1.807, 2.05) is 18.2 Å². The van der Waals surface area contributed by atoms with Gasteiger partial charge in [-0.05, 0) is 26.0 Å². The molecule has 0 saturated heterocycles. The van der Waals surface area contributed by atoms with E-state index in [0.29, 0.717) is 0 Å². The van der Waals surface area contributed by atoms with Gasteiger partial charge in [0.2, 0.25) is 0 Å². The summed E-state index contributed by atoms with van der Waals surface area (Å²) >= 11 is 1.47. The zero-order valence-corrected chi connectivity index (χ0v) is 13.1. The van der Waals surface area contributed by atoms with Crippen LogP contribution in [-0.4, -0.2) is 30.1 Å². The quantitative estimate of drug-likeness (QED) is 0.382. The van der Waals surface area contributed by atoms with Crippen LogP contribution in [0.2, 0.25) is 0 Å². The van der Waals surface area contributed by atoms with Gasteiger partial charge in [0.25, 0.3) is 0 Å². The highest BCUT2D eigenvalue weighted by atomic mass is 32.1. The summed E-state index contributed by atoms with van der Waals surface area (Å²) in [5.41, 5.74) is 3.16. The standard InChI is InChI=1S/C15H16N2O4S/c1-3-20-14(18)10(15(19)21-4-2)8-16-11-6-5-7-12-13(11)22-9-17-12/h5-9,16H,3-4H2,1-2H3. The average Bonchev–Trinajstić information content (AvgIpc) is 2.97. The lowest BCUT2D eigenvalue weighted by molar-refractivity contribution is -0.146. The molecular weight excluding hydrogens is 304 g/mol. The van der Waals surface area contributed by atoms with Gasteiger partial charge in [-0.25, -0.2) is 14.6 Å². The molecular formula is C15H16N2O4S. The summed E-state index contributed by atoms with van der Waals surface area (Å²) in [6, 6.07) is 5.57. The van der Waals surface area contributed by atoms with Crippen LogP contribution in [0.4, 0.5) is 5.69 Å². The van der Waals surface area contributed by atoms with E-state index >= 15 is 0 Å². The third kappa shape index (κ3) is 3.62. The average molecular weight is 320 g/mol. The van der Waals surface area contributed by atoms with Crippen molar-refractivity contribution in [3.05, 3.63) is 35.5 Å². The number of fused-ring (bicyclic) bond motifs is 1.